The summed E-state index contributed by atoms with van der Waals surface area (Å²) in [4.78, 5) is 28.1. The van der Waals surface area contributed by atoms with Gasteiger partial charge < -0.3 is 9.30 Å². The van der Waals surface area contributed by atoms with E-state index in [0.29, 0.717) is 11.4 Å². The summed E-state index contributed by atoms with van der Waals surface area (Å²) in [5, 5.41) is -0.110. The summed E-state index contributed by atoms with van der Waals surface area (Å²) in [5.74, 6) is -0.395. The molecule has 2 rings (SSSR count). The number of esters is 1. The van der Waals surface area contributed by atoms with Crippen molar-refractivity contribution in [3.8, 4) is 0 Å². The second-order valence-electron chi connectivity index (χ2n) is 6.72. The van der Waals surface area contributed by atoms with Crippen molar-refractivity contribution in [2.45, 2.75) is 39.1 Å². The first kappa shape index (κ1) is 21.8. The Morgan fingerprint density at radius 3 is 2.36 bits per heavy atom. The zero-order valence-electron chi connectivity index (χ0n) is 16.7. The average molecular weight is 407 g/mol. The van der Waals surface area contributed by atoms with Gasteiger partial charge in [-0.25, -0.2) is 18.1 Å². The largest absolute Gasteiger partial charge is 0.457 e. The molecule has 1 aromatic heterocycles. The average Bonchev–Trinajstić information content (AvgIpc) is 2.95. The molecule has 0 aliphatic heterocycles. The Hall–Kier alpha value is -2.52. The van der Waals surface area contributed by atoms with Crippen LogP contribution in [0.3, 0.4) is 0 Å². The number of Topliss-reactive ketones (excluding diaryl/α,β-unsaturated/α-hetero) is 1. The number of aryl methyl sites for hydroxylation is 5. The summed E-state index contributed by atoms with van der Waals surface area (Å²) in [6.45, 7) is 6.86. The van der Waals surface area contributed by atoms with E-state index in [-0.39, 0.29) is 30.4 Å². The van der Waals surface area contributed by atoms with Gasteiger partial charge in [0, 0.05) is 25.4 Å². The first-order valence-electron chi connectivity index (χ1n) is 8.77. The summed E-state index contributed by atoms with van der Waals surface area (Å²) in [7, 11) is -2.12. The molecule has 0 unspecified atom stereocenters. The summed E-state index contributed by atoms with van der Waals surface area (Å²) in [6.07, 6.45) is 1.20. The van der Waals surface area contributed by atoms with E-state index in [9.17, 15) is 18.0 Å². The van der Waals surface area contributed by atoms with Crippen molar-refractivity contribution in [1.82, 2.24) is 14.3 Å². The van der Waals surface area contributed by atoms with Crippen LogP contribution < -0.4 is 4.72 Å². The molecule has 0 atom stereocenters. The van der Waals surface area contributed by atoms with E-state index in [0.717, 1.165) is 16.7 Å². The highest BCUT2D eigenvalue weighted by Gasteiger charge is 2.19. The lowest BCUT2D eigenvalue weighted by Gasteiger charge is -2.10. The van der Waals surface area contributed by atoms with E-state index in [2.05, 4.69) is 9.71 Å². The Morgan fingerprint density at radius 2 is 1.75 bits per heavy atom. The lowest BCUT2D eigenvalue weighted by atomic mass is 9.98. The lowest BCUT2D eigenvalue weighted by molar-refractivity contribution is -0.142. The summed E-state index contributed by atoms with van der Waals surface area (Å²) in [5.41, 5.74) is 3.41. The number of imidazole rings is 1. The summed E-state index contributed by atoms with van der Waals surface area (Å²) in [6, 6.07) is 3.70. The molecule has 0 bridgehead atoms. The normalized spacial score (nSPS) is 11.5. The molecule has 0 spiro atoms. The lowest BCUT2D eigenvalue weighted by Crippen LogP contribution is -2.27. The van der Waals surface area contributed by atoms with Crippen LogP contribution in [0.1, 0.15) is 39.3 Å². The number of benzene rings is 1. The standard InChI is InChI=1S/C19H25N3O5S/c1-12-8-14(3)16(9-13(12)2)17(23)11-27-19(24)6-7-20-28(25,26)18-10-22(5)15(4)21-18/h8-10,20H,6-7,11H2,1-5H3. The highest BCUT2D eigenvalue weighted by molar-refractivity contribution is 7.89. The second-order valence-corrected chi connectivity index (χ2v) is 8.43. The van der Waals surface area contributed by atoms with Gasteiger partial charge in [0.05, 0.1) is 6.42 Å². The van der Waals surface area contributed by atoms with Crippen LogP contribution in [0.4, 0.5) is 0 Å². The second kappa shape index (κ2) is 8.66. The van der Waals surface area contributed by atoms with Crippen LogP contribution in [0.2, 0.25) is 0 Å². The Kier molecular flexibility index (Phi) is 6.73. The Labute approximate surface area is 165 Å². The number of ether oxygens (including phenoxy) is 1. The smallest absolute Gasteiger partial charge is 0.307 e. The van der Waals surface area contributed by atoms with Crippen molar-refractivity contribution in [1.29, 1.82) is 0 Å². The quantitative estimate of drug-likeness (QED) is 0.528. The third-order valence-electron chi connectivity index (χ3n) is 4.49. The van der Waals surface area contributed by atoms with Crippen molar-refractivity contribution in [3.05, 3.63) is 46.4 Å². The maximum atomic E-state index is 12.3. The first-order chi connectivity index (χ1) is 13.0. The third-order valence-corrected chi connectivity index (χ3v) is 5.82. The van der Waals surface area contributed by atoms with Gasteiger partial charge in [-0.2, -0.15) is 0 Å². The van der Waals surface area contributed by atoms with Crippen LogP contribution in [-0.2, 0) is 26.6 Å². The first-order valence-corrected chi connectivity index (χ1v) is 10.3. The maximum Gasteiger partial charge on any atom is 0.307 e. The highest BCUT2D eigenvalue weighted by Crippen LogP contribution is 2.16. The van der Waals surface area contributed by atoms with Gasteiger partial charge in [-0.1, -0.05) is 6.07 Å². The number of hydrogen-bond acceptors (Lipinski definition) is 6. The van der Waals surface area contributed by atoms with Crippen LogP contribution in [0.15, 0.2) is 23.4 Å². The van der Waals surface area contributed by atoms with Gasteiger partial charge in [0.25, 0.3) is 10.0 Å². The Bertz CT molecular complexity index is 989. The van der Waals surface area contributed by atoms with Crippen LogP contribution in [0.5, 0.6) is 0 Å². The van der Waals surface area contributed by atoms with Crippen molar-refractivity contribution in [2.24, 2.45) is 7.05 Å². The van der Waals surface area contributed by atoms with Gasteiger partial charge in [-0.3, -0.25) is 9.59 Å². The number of carbonyl (C=O) groups excluding carboxylic acids is 2. The molecule has 0 fully saturated rings. The Morgan fingerprint density at radius 1 is 1.11 bits per heavy atom. The highest BCUT2D eigenvalue weighted by atomic mass is 32.2. The predicted octanol–water partition coefficient (Wildman–Crippen LogP) is 1.75. The van der Waals surface area contributed by atoms with Gasteiger partial charge in [0.15, 0.2) is 11.6 Å². The fourth-order valence-electron chi connectivity index (χ4n) is 2.57. The molecule has 1 heterocycles. The SMILES string of the molecule is Cc1cc(C)c(C(=O)COC(=O)CCNS(=O)(=O)c2cn(C)c(C)n2)cc1C. The van der Waals surface area contributed by atoms with Gasteiger partial charge >= 0.3 is 5.97 Å². The molecule has 8 nitrogen and oxygen atoms in total. The molecular weight excluding hydrogens is 382 g/mol. The van der Waals surface area contributed by atoms with E-state index < -0.39 is 16.0 Å². The molecule has 0 radical (unpaired) electrons. The molecule has 1 aromatic carbocycles. The molecule has 0 saturated heterocycles. The van der Waals surface area contributed by atoms with Crippen LogP contribution >= 0.6 is 0 Å². The number of nitrogens with zero attached hydrogens (tertiary/aromatic N) is 2. The maximum absolute atomic E-state index is 12.3. The van der Waals surface area contributed by atoms with Crippen molar-refractivity contribution < 1.29 is 22.7 Å². The van der Waals surface area contributed by atoms with E-state index >= 15 is 0 Å². The zero-order valence-corrected chi connectivity index (χ0v) is 17.5. The van der Waals surface area contributed by atoms with E-state index in [1.807, 2.05) is 26.8 Å². The van der Waals surface area contributed by atoms with Crippen molar-refractivity contribution >= 4 is 21.8 Å². The number of hydrogen-bond donors (Lipinski definition) is 1. The fraction of sp³-hybridized carbons (Fsp3) is 0.421. The zero-order chi connectivity index (χ0) is 21.1. The van der Waals surface area contributed by atoms with Crippen LogP contribution in [0.25, 0.3) is 0 Å². The number of sulfonamides is 1. The van der Waals surface area contributed by atoms with E-state index in [1.165, 1.54) is 6.20 Å². The summed E-state index contributed by atoms with van der Waals surface area (Å²) >= 11 is 0. The molecule has 1 N–H and O–H groups in total. The summed E-state index contributed by atoms with van der Waals surface area (Å²) < 4.78 is 33.1. The molecule has 0 saturated carbocycles. The minimum absolute atomic E-state index is 0.110. The molecule has 9 heteroatoms. The third kappa shape index (κ3) is 5.26. The van der Waals surface area contributed by atoms with Gasteiger partial charge in [0.1, 0.15) is 5.82 Å². The molecule has 2 aromatic rings. The van der Waals surface area contributed by atoms with Gasteiger partial charge in [-0.05, 0) is 50.5 Å². The number of ketones is 1. The topological polar surface area (TPSA) is 107 Å². The van der Waals surface area contributed by atoms with E-state index in [4.69, 9.17) is 4.74 Å². The Balaban J connectivity index is 1.84. The van der Waals surface area contributed by atoms with Crippen LogP contribution in [-0.4, -0.2) is 42.9 Å². The molecule has 152 valence electrons. The fourth-order valence-corrected chi connectivity index (χ4v) is 3.64. The number of rotatable bonds is 8. The molecule has 0 aliphatic rings. The number of aromatic nitrogens is 2. The van der Waals surface area contributed by atoms with Crippen LogP contribution in [0, 0.1) is 27.7 Å². The molecule has 0 aliphatic carbocycles. The predicted molar refractivity (Wildman–Crippen MR) is 104 cm³/mol. The van der Waals surface area contributed by atoms with Gasteiger partial charge in [0.2, 0.25) is 5.78 Å². The molecule has 0 amide bonds. The van der Waals surface area contributed by atoms with E-state index in [1.54, 1.807) is 24.6 Å². The minimum Gasteiger partial charge on any atom is -0.457 e. The van der Waals surface area contributed by atoms with Gasteiger partial charge in [-0.15, -0.1) is 0 Å². The molecular formula is C19H25N3O5S. The molecule has 28 heavy (non-hydrogen) atoms. The number of nitrogens with one attached hydrogen (secondary N) is 1. The monoisotopic (exact) mass is 407 g/mol. The minimum atomic E-state index is -3.80. The van der Waals surface area contributed by atoms with Crippen molar-refractivity contribution in [2.75, 3.05) is 13.2 Å². The number of carbonyl (C=O) groups is 2. The van der Waals surface area contributed by atoms with Crippen molar-refractivity contribution in [3.63, 3.8) is 0 Å².